The van der Waals surface area contributed by atoms with Crippen molar-refractivity contribution in [3.63, 3.8) is 0 Å². The van der Waals surface area contributed by atoms with E-state index in [4.69, 9.17) is 0 Å². The second-order valence-electron chi connectivity index (χ2n) is 8.39. The van der Waals surface area contributed by atoms with Gasteiger partial charge in [0.1, 0.15) is 17.0 Å². The summed E-state index contributed by atoms with van der Waals surface area (Å²) < 4.78 is 29.3. The van der Waals surface area contributed by atoms with Crippen molar-refractivity contribution in [2.75, 3.05) is 18.9 Å². The number of thiophene rings is 1. The van der Waals surface area contributed by atoms with Gasteiger partial charge in [0.2, 0.25) is 5.88 Å². The molecule has 1 saturated carbocycles. The lowest BCUT2D eigenvalue weighted by Gasteiger charge is -2.22. The van der Waals surface area contributed by atoms with Gasteiger partial charge >= 0.3 is 6.61 Å². The molecule has 10 heteroatoms. The molecule has 1 aliphatic rings. The number of carbonyl (C=O) groups is 1. The molecular formula is C23H27F2N5O2S. The minimum Gasteiger partial charge on any atom is -0.417 e. The van der Waals surface area contributed by atoms with Crippen LogP contribution in [-0.2, 0) is 6.54 Å². The SMILES string of the molecule is Cc1c(C(=O)N(C)Cc2ccnc(OC(F)F)c2)sc2ncnc(NCC3CCCCC3)c12. The van der Waals surface area contributed by atoms with Gasteiger partial charge in [-0.3, -0.25) is 4.79 Å². The summed E-state index contributed by atoms with van der Waals surface area (Å²) in [5.74, 6) is 1.07. The molecule has 1 amide bonds. The van der Waals surface area contributed by atoms with Crippen LogP contribution in [0.3, 0.4) is 0 Å². The van der Waals surface area contributed by atoms with Crippen molar-refractivity contribution in [3.05, 3.63) is 40.7 Å². The Kier molecular flexibility index (Phi) is 7.32. The highest BCUT2D eigenvalue weighted by molar-refractivity contribution is 7.20. The predicted octanol–water partition coefficient (Wildman–Crippen LogP) is 5.26. The molecule has 0 atom stereocenters. The minimum atomic E-state index is -2.95. The lowest BCUT2D eigenvalue weighted by atomic mass is 9.89. The maximum absolute atomic E-state index is 13.2. The van der Waals surface area contributed by atoms with Crippen molar-refractivity contribution >= 4 is 33.3 Å². The molecule has 0 radical (unpaired) electrons. The van der Waals surface area contributed by atoms with E-state index in [2.05, 4.69) is 25.0 Å². The van der Waals surface area contributed by atoms with Crippen molar-refractivity contribution < 1.29 is 18.3 Å². The van der Waals surface area contributed by atoms with E-state index in [1.165, 1.54) is 62.0 Å². The Morgan fingerprint density at radius 2 is 2.06 bits per heavy atom. The van der Waals surface area contributed by atoms with E-state index in [0.717, 1.165) is 28.1 Å². The average Bonchev–Trinajstić information content (AvgIpc) is 3.14. The van der Waals surface area contributed by atoms with Gasteiger partial charge in [-0.1, -0.05) is 19.3 Å². The van der Waals surface area contributed by atoms with E-state index in [-0.39, 0.29) is 18.3 Å². The number of fused-ring (bicyclic) bond motifs is 1. The molecule has 4 rings (SSSR count). The van der Waals surface area contributed by atoms with Crippen LogP contribution < -0.4 is 10.1 Å². The number of halogens is 2. The molecule has 0 spiro atoms. The highest BCUT2D eigenvalue weighted by Gasteiger charge is 2.23. The third-order valence-electron chi connectivity index (χ3n) is 5.98. The molecule has 3 aromatic heterocycles. The molecule has 0 bridgehead atoms. The summed E-state index contributed by atoms with van der Waals surface area (Å²) in [6.45, 7) is 0.0640. The fourth-order valence-corrected chi connectivity index (χ4v) is 5.41. The van der Waals surface area contributed by atoms with Gasteiger partial charge in [0.05, 0.1) is 10.3 Å². The number of hydrogen-bond donors (Lipinski definition) is 1. The van der Waals surface area contributed by atoms with Crippen LogP contribution in [0.1, 0.15) is 52.9 Å². The van der Waals surface area contributed by atoms with Crippen LogP contribution in [0.2, 0.25) is 0 Å². The number of ether oxygens (including phenoxy) is 1. The first-order valence-corrected chi connectivity index (χ1v) is 11.9. The van der Waals surface area contributed by atoms with Crippen molar-refractivity contribution in [3.8, 4) is 5.88 Å². The van der Waals surface area contributed by atoms with Gasteiger partial charge in [0, 0.05) is 32.4 Å². The summed E-state index contributed by atoms with van der Waals surface area (Å²) in [6, 6.07) is 3.07. The first-order chi connectivity index (χ1) is 15.9. The minimum absolute atomic E-state index is 0.165. The summed E-state index contributed by atoms with van der Waals surface area (Å²) in [5, 5.41) is 4.37. The Bertz CT molecular complexity index is 1120. The molecule has 3 heterocycles. The van der Waals surface area contributed by atoms with Crippen LogP contribution in [0.4, 0.5) is 14.6 Å². The van der Waals surface area contributed by atoms with Crippen LogP contribution in [0.15, 0.2) is 24.7 Å². The number of carbonyl (C=O) groups excluding carboxylic acids is 1. The summed E-state index contributed by atoms with van der Waals surface area (Å²) in [7, 11) is 1.67. The van der Waals surface area contributed by atoms with E-state index < -0.39 is 6.61 Å². The smallest absolute Gasteiger partial charge is 0.388 e. The van der Waals surface area contributed by atoms with Gasteiger partial charge in [-0.15, -0.1) is 11.3 Å². The molecular weight excluding hydrogens is 448 g/mol. The van der Waals surface area contributed by atoms with E-state index in [0.29, 0.717) is 16.4 Å². The Labute approximate surface area is 195 Å². The maximum atomic E-state index is 13.2. The summed E-state index contributed by atoms with van der Waals surface area (Å²) >= 11 is 1.34. The number of hydrogen-bond acceptors (Lipinski definition) is 7. The van der Waals surface area contributed by atoms with Crippen LogP contribution in [0.25, 0.3) is 10.2 Å². The molecule has 0 unspecified atom stereocenters. The topological polar surface area (TPSA) is 80.2 Å². The number of rotatable bonds is 8. The van der Waals surface area contributed by atoms with Crippen molar-refractivity contribution in [2.24, 2.45) is 5.92 Å². The average molecular weight is 476 g/mol. The molecule has 0 aliphatic heterocycles. The van der Waals surface area contributed by atoms with Crippen LogP contribution >= 0.6 is 11.3 Å². The van der Waals surface area contributed by atoms with Crippen LogP contribution in [-0.4, -0.2) is 46.0 Å². The summed E-state index contributed by atoms with van der Waals surface area (Å²) in [5.41, 5.74) is 1.49. The maximum Gasteiger partial charge on any atom is 0.388 e. The quantitative estimate of drug-likeness (QED) is 0.479. The zero-order valence-corrected chi connectivity index (χ0v) is 19.5. The van der Waals surface area contributed by atoms with Gasteiger partial charge in [0.25, 0.3) is 5.91 Å². The Morgan fingerprint density at radius 1 is 1.27 bits per heavy atom. The van der Waals surface area contributed by atoms with E-state index >= 15 is 0 Å². The summed E-state index contributed by atoms with van der Waals surface area (Å²) in [4.78, 5) is 28.7. The first-order valence-electron chi connectivity index (χ1n) is 11.1. The standard InChI is InChI=1S/C23H27F2N5O2S/c1-14-18-20(27-11-15-6-4-3-5-7-15)28-13-29-21(18)33-19(14)22(31)30(2)12-16-8-9-26-17(10-16)32-23(24)25/h8-10,13,15,23H,3-7,11-12H2,1-2H3,(H,27,28,29). The second-order valence-corrected chi connectivity index (χ2v) is 9.38. The highest BCUT2D eigenvalue weighted by Crippen LogP contribution is 2.34. The van der Waals surface area contributed by atoms with Crippen LogP contribution in [0, 0.1) is 12.8 Å². The molecule has 33 heavy (non-hydrogen) atoms. The van der Waals surface area contributed by atoms with Gasteiger partial charge in [0.15, 0.2) is 0 Å². The lowest BCUT2D eigenvalue weighted by Crippen LogP contribution is -2.26. The third-order valence-corrected chi connectivity index (χ3v) is 7.17. The van der Waals surface area contributed by atoms with Gasteiger partial charge in [-0.05, 0) is 42.9 Å². The van der Waals surface area contributed by atoms with E-state index in [1.54, 1.807) is 18.0 Å². The molecule has 1 N–H and O–H groups in total. The zero-order chi connectivity index (χ0) is 23.4. The summed E-state index contributed by atoms with van der Waals surface area (Å²) in [6.07, 6.45) is 9.26. The van der Waals surface area contributed by atoms with E-state index in [1.807, 2.05) is 6.92 Å². The number of aryl methyl sites for hydroxylation is 1. The molecule has 0 aromatic carbocycles. The number of aromatic nitrogens is 3. The molecule has 1 fully saturated rings. The first kappa shape index (κ1) is 23.3. The lowest BCUT2D eigenvalue weighted by molar-refractivity contribution is -0.0529. The Morgan fingerprint density at radius 3 is 2.82 bits per heavy atom. The fourth-order valence-electron chi connectivity index (χ4n) is 4.27. The van der Waals surface area contributed by atoms with Gasteiger partial charge in [-0.25, -0.2) is 15.0 Å². The predicted molar refractivity (Wildman–Crippen MR) is 124 cm³/mol. The Hall–Kier alpha value is -2.88. The van der Waals surface area contributed by atoms with Crippen LogP contribution in [0.5, 0.6) is 5.88 Å². The molecule has 3 aromatic rings. The highest BCUT2D eigenvalue weighted by atomic mass is 32.1. The molecule has 7 nitrogen and oxygen atoms in total. The second kappa shape index (κ2) is 10.4. The Balaban J connectivity index is 1.50. The number of nitrogens with one attached hydrogen (secondary N) is 1. The monoisotopic (exact) mass is 475 g/mol. The largest absolute Gasteiger partial charge is 0.417 e. The van der Waals surface area contributed by atoms with Gasteiger partial charge in [-0.2, -0.15) is 8.78 Å². The van der Waals surface area contributed by atoms with Gasteiger partial charge < -0.3 is 15.0 Å². The molecule has 176 valence electrons. The normalized spacial score (nSPS) is 14.6. The number of anilines is 1. The zero-order valence-electron chi connectivity index (χ0n) is 18.7. The number of nitrogens with zero attached hydrogens (tertiary/aromatic N) is 4. The van der Waals surface area contributed by atoms with E-state index in [9.17, 15) is 13.6 Å². The number of pyridine rings is 1. The number of amides is 1. The third kappa shape index (κ3) is 5.55. The molecule has 1 aliphatic carbocycles. The van der Waals surface area contributed by atoms with Crippen molar-refractivity contribution in [1.82, 2.24) is 19.9 Å². The van der Waals surface area contributed by atoms with Crippen molar-refractivity contribution in [2.45, 2.75) is 52.2 Å². The molecule has 0 saturated heterocycles. The number of alkyl halides is 2. The van der Waals surface area contributed by atoms with Crippen molar-refractivity contribution in [1.29, 1.82) is 0 Å². The fraction of sp³-hybridized carbons (Fsp3) is 0.478.